The number of benzene rings is 1. The van der Waals surface area contributed by atoms with E-state index in [0.29, 0.717) is 24.5 Å². The summed E-state index contributed by atoms with van der Waals surface area (Å²) >= 11 is 0. The molecule has 26 heavy (non-hydrogen) atoms. The molecule has 5 rings (SSSR count). The van der Waals surface area contributed by atoms with Gasteiger partial charge in [0.25, 0.3) is 6.02 Å². The molecule has 0 radical (unpaired) electrons. The van der Waals surface area contributed by atoms with Crippen molar-refractivity contribution >= 4 is 6.02 Å². The molecule has 3 aliphatic rings. The molecule has 1 aromatic heterocycles. The number of ether oxygens (including phenoxy) is 2. The predicted octanol–water partition coefficient (Wildman–Crippen LogP) is 2.28. The van der Waals surface area contributed by atoms with Crippen molar-refractivity contribution in [3.8, 4) is 11.1 Å². The van der Waals surface area contributed by atoms with Crippen molar-refractivity contribution in [1.82, 2.24) is 9.97 Å². The number of aliphatic imine (C=N–C) groups is 1. The first-order valence-corrected chi connectivity index (χ1v) is 9.21. The zero-order chi connectivity index (χ0) is 17.6. The van der Waals surface area contributed by atoms with Crippen LogP contribution in [0.2, 0.25) is 0 Å². The van der Waals surface area contributed by atoms with Crippen LogP contribution in [0.1, 0.15) is 24.0 Å². The first-order valence-electron chi connectivity index (χ1n) is 9.21. The average molecular weight is 350 g/mol. The summed E-state index contributed by atoms with van der Waals surface area (Å²) in [4.78, 5) is 13.1. The second-order valence-corrected chi connectivity index (χ2v) is 7.42. The molecule has 1 aliphatic carbocycles. The van der Waals surface area contributed by atoms with Crippen molar-refractivity contribution in [3.05, 3.63) is 48.0 Å². The fraction of sp³-hybridized carbons (Fsp3) is 0.450. The van der Waals surface area contributed by atoms with Crippen molar-refractivity contribution in [2.75, 3.05) is 19.8 Å². The Morgan fingerprint density at radius 3 is 2.62 bits per heavy atom. The Bertz CT molecular complexity index is 848. The molecule has 2 unspecified atom stereocenters. The van der Waals surface area contributed by atoms with Crippen molar-refractivity contribution in [1.29, 1.82) is 0 Å². The van der Waals surface area contributed by atoms with Crippen LogP contribution in [0.4, 0.5) is 0 Å². The molecule has 1 spiro atoms. The summed E-state index contributed by atoms with van der Waals surface area (Å²) in [5, 5.41) is 0. The highest BCUT2D eigenvalue weighted by molar-refractivity contribution is 5.75. The maximum Gasteiger partial charge on any atom is 0.283 e. The number of nitrogens with zero attached hydrogens (tertiary/aromatic N) is 3. The SMILES string of the molecule is NC1=NC2(CO1)c1cc(-c3cncnc3)ccc1CC2C1CCOCC1. The first-order chi connectivity index (χ1) is 12.8. The lowest BCUT2D eigenvalue weighted by Gasteiger charge is -2.35. The van der Waals surface area contributed by atoms with Gasteiger partial charge < -0.3 is 15.2 Å². The van der Waals surface area contributed by atoms with Crippen LogP contribution in [0.5, 0.6) is 0 Å². The molecule has 1 fully saturated rings. The highest BCUT2D eigenvalue weighted by atomic mass is 16.5. The van der Waals surface area contributed by atoms with Crippen molar-refractivity contribution in [2.45, 2.75) is 24.8 Å². The zero-order valence-electron chi connectivity index (χ0n) is 14.6. The third kappa shape index (κ3) is 2.40. The van der Waals surface area contributed by atoms with E-state index in [1.165, 1.54) is 11.1 Å². The molecule has 3 heterocycles. The summed E-state index contributed by atoms with van der Waals surface area (Å²) in [5.41, 5.74) is 10.3. The molecule has 2 aromatic rings. The Hall–Kier alpha value is -2.47. The van der Waals surface area contributed by atoms with Crippen LogP contribution in [0, 0.1) is 11.8 Å². The number of rotatable bonds is 2. The van der Waals surface area contributed by atoms with Gasteiger partial charge in [-0.15, -0.1) is 0 Å². The van der Waals surface area contributed by atoms with Gasteiger partial charge in [-0.2, -0.15) is 0 Å². The van der Waals surface area contributed by atoms with Crippen LogP contribution < -0.4 is 5.73 Å². The maximum absolute atomic E-state index is 5.97. The molecule has 0 bridgehead atoms. The van der Waals surface area contributed by atoms with E-state index in [1.54, 1.807) is 6.33 Å². The van der Waals surface area contributed by atoms with Gasteiger partial charge in [-0.3, -0.25) is 0 Å². The van der Waals surface area contributed by atoms with E-state index in [0.717, 1.165) is 43.6 Å². The monoisotopic (exact) mass is 350 g/mol. The van der Waals surface area contributed by atoms with E-state index in [1.807, 2.05) is 12.4 Å². The molecule has 2 N–H and O–H groups in total. The van der Waals surface area contributed by atoms with Gasteiger partial charge in [0.15, 0.2) is 0 Å². The normalized spacial score (nSPS) is 28.0. The summed E-state index contributed by atoms with van der Waals surface area (Å²) in [7, 11) is 0. The van der Waals surface area contributed by atoms with Crippen LogP contribution in [0.15, 0.2) is 41.9 Å². The van der Waals surface area contributed by atoms with Crippen LogP contribution >= 0.6 is 0 Å². The molecular formula is C20H22N4O2. The highest BCUT2D eigenvalue weighted by Crippen LogP contribution is 2.52. The molecule has 2 atom stereocenters. The van der Waals surface area contributed by atoms with Crippen molar-refractivity contribution in [3.63, 3.8) is 0 Å². The van der Waals surface area contributed by atoms with Crippen LogP contribution in [-0.4, -0.2) is 35.8 Å². The van der Waals surface area contributed by atoms with E-state index in [4.69, 9.17) is 20.2 Å². The summed E-state index contributed by atoms with van der Waals surface area (Å²) in [6, 6.07) is 6.92. The molecule has 6 heteroatoms. The van der Waals surface area contributed by atoms with Gasteiger partial charge >= 0.3 is 0 Å². The number of amidine groups is 1. The van der Waals surface area contributed by atoms with Gasteiger partial charge in [-0.1, -0.05) is 12.1 Å². The molecule has 1 saturated heterocycles. The van der Waals surface area contributed by atoms with Gasteiger partial charge in [0.05, 0.1) is 0 Å². The molecule has 0 saturated carbocycles. The number of nitrogens with two attached hydrogens (primary N) is 1. The van der Waals surface area contributed by atoms with Crippen LogP contribution in [0.3, 0.4) is 0 Å². The average Bonchev–Trinajstić information content (AvgIpc) is 3.24. The van der Waals surface area contributed by atoms with Crippen molar-refractivity contribution in [2.24, 2.45) is 22.6 Å². The molecular weight excluding hydrogens is 328 g/mol. The second-order valence-electron chi connectivity index (χ2n) is 7.42. The minimum Gasteiger partial charge on any atom is -0.462 e. The largest absolute Gasteiger partial charge is 0.462 e. The Balaban J connectivity index is 1.59. The molecule has 0 amide bonds. The first kappa shape index (κ1) is 15.8. The lowest BCUT2D eigenvalue weighted by Crippen LogP contribution is -2.38. The van der Waals surface area contributed by atoms with Gasteiger partial charge in [-0.25, -0.2) is 15.0 Å². The fourth-order valence-electron chi connectivity index (χ4n) is 4.84. The molecule has 1 aromatic carbocycles. The number of hydrogen-bond acceptors (Lipinski definition) is 6. The van der Waals surface area contributed by atoms with E-state index < -0.39 is 0 Å². The Morgan fingerprint density at radius 2 is 1.88 bits per heavy atom. The number of aromatic nitrogens is 2. The lowest BCUT2D eigenvalue weighted by atomic mass is 9.74. The third-order valence-electron chi connectivity index (χ3n) is 6.11. The lowest BCUT2D eigenvalue weighted by molar-refractivity contribution is 0.0276. The van der Waals surface area contributed by atoms with Gasteiger partial charge in [-0.05, 0) is 53.9 Å². The fourth-order valence-corrected chi connectivity index (χ4v) is 4.84. The predicted molar refractivity (Wildman–Crippen MR) is 97.5 cm³/mol. The van der Waals surface area contributed by atoms with E-state index in [2.05, 4.69) is 28.2 Å². The topological polar surface area (TPSA) is 82.6 Å². The minimum atomic E-state index is -0.368. The molecule has 6 nitrogen and oxygen atoms in total. The van der Waals surface area contributed by atoms with Gasteiger partial charge in [0, 0.05) is 31.2 Å². The number of hydrogen-bond donors (Lipinski definition) is 1. The zero-order valence-corrected chi connectivity index (χ0v) is 14.6. The maximum atomic E-state index is 5.97. The standard InChI is InChI=1S/C20H22N4O2/c21-19-24-20(11-26-19)17(13-3-5-25-6-4-13)8-15-2-1-14(7-18(15)20)16-9-22-12-23-10-16/h1-2,7,9-10,12-13,17H,3-6,8,11H2,(H2,21,24). The van der Waals surface area contributed by atoms with Crippen LogP contribution in [0.25, 0.3) is 11.1 Å². The van der Waals surface area contributed by atoms with E-state index in [9.17, 15) is 0 Å². The van der Waals surface area contributed by atoms with Crippen LogP contribution in [-0.2, 0) is 21.4 Å². The van der Waals surface area contributed by atoms with Crippen molar-refractivity contribution < 1.29 is 9.47 Å². The second kappa shape index (κ2) is 6.06. The Labute approximate surface area is 152 Å². The Kier molecular flexibility index (Phi) is 3.67. The quantitative estimate of drug-likeness (QED) is 0.898. The third-order valence-corrected chi connectivity index (χ3v) is 6.11. The summed E-state index contributed by atoms with van der Waals surface area (Å²) in [5.74, 6) is 0.989. The molecule has 2 aliphatic heterocycles. The van der Waals surface area contributed by atoms with Gasteiger partial charge in [0.2, 0.25) is 0 Å². The smallest absolute Gasteiger partial charge is 0.283 e. The van der Waals surface area contributed by atoms with Gasteiger partial charge in [0.1, 0.15) is 18.5 Å². The summed E-state index contributed by atoms with van der Waals surface area (Å²) in [6.07, 6.45) is 8.41. The number of fused-ring (bicyclic) bond motifs is 2. The minimum absolute atomic E-state index is 0.309. The van der Waals surface area contributed by atoms with E-state index in [-0.39, 0.29) is 5.54 Å². The summed E-state index contributed by atoms with van der Waals surface area (Å²) in [6.45, 7) is 2.20. The van der Waals surface area contributed by atoms with E-state index >= 15 is 0 Å². The highest BCUT2D eigenvalue weighted by Gasteiger charge is 2.53. The summed E-state index contributed by atoms with van der Waals surface area (Å²) < 4.78 is 11.3. The molecule has 134 valence electrons. The Morgan fingerprint density at radius 1 is 1.08 bits per heavy atom.